The summed E-state index contributed by atoms with van der Waals surface area (Å²) in [5.41, 5.74) is 2.25. The molecule has 1 aliphatic heterocycles. The molecular weight excluding hydrogens is 262 g/mol. The van der Waals surface area contributed by atoms with Crippen LogP contribution in [0.5, 0.6) is 5.75 Å². The van der Waals surface area contributed by atoms with Crippen LogP contribution in [-0.2, 0) is 0 Å². The number of ether oxygens (including phenoxy) is 1. The summed E-state index contributed by atoms with van der Waals surface area (Å²) in [7, 11) is 0. The average molecular weight is 283 g/mol. The normalized spacial score (nSPS) is 18.4. The van der Waals surface area contributed by atoms with Crippen molar-refractivity contribution >= 4 is 0 Å². The van der Waals surface area contributed by atoms with Crippen LogP contribution in [0.2, 0.25) is 0 Å². The Morgan fingerprint density at radius 2 is 2.00 bits per heavy atom. The largest absolute Gasteiger partial charge is 0.489 e. The van der Waals surface area contributed by atoms with Crippen LogP contribution < -0.4 is 10.1 Å². The van der Waals surface area contributed by atoms with E-state index in [2.05, 4.69) is 28.3 Å². The lowest BCUT2D eigenvalue weighted by Gasteiger charge is -2.23. The standard InChI is InChI=1S/C17H21N3O/c1-13-6-2-3-8-16(13)17-19-10-15(11-20-17)21-12-14-7-4-5-9-18-14/h2-3,6,8,10-11,14,18H,4-5,7,9,12H2,1H3. The van der Waals surface area contributed by atoms with Crippen molar-refractivity contribution in [2.45, 2.75) is 32.2 Å². The van der Waals surface area contributed by atoms with Crippen LogP contribution in [0.1, 0.15) is 24.8 Å². The number of hydrogen-bond donors (Lipinski definition) is 1. The number of hydrogen-bond acceptors (Lipinski definition) is 4. The molecule has 1 fully saturated rings. The Labute approximate surface area is 125 Å². The van der Waals surface area contributed by atoms with Crippen molar-refractivity contribution in [1.82, 2.24) is 15.3 Å². The summed E-state index contributed by atoms with van der Waals surface area (Å²) in [5.74, 6) is 1.48. The van der Waals surface area contributed by atoms with E-state index in [0.717, 1.165) is 23.7 Å². The van der Waals surface area contributed by atoms with Crippen LogP contribution >= 0.6 is 0 Å². The third-order valence-corrected chi connectivity index (χ3v) is 3.88. The van der Waals surface area contributed by atoms with Gasteiger partial charge in [0.25, 0.3) is 0 Å². The van der Waals surface area contributed by atoms with E-state index in [9.17, 15) is 0 Å². The summed E-state index contributed by atoms with van der Waals surface area (Å²) in [6, 6.07) is 8.59. The zero-order chi connectivity index (χ0) is 14.5. The first kappa shape index (κ1) is 14.0. The zero-order valence-electron chi connectivity index (χ0n) is 12.4. The van der Waals surface area contributed by atoms with E-state index in [1.165, 1.54) is 24.8 Å². The van der Waals surface area contributed by atoms with Gasteiger partial charge in [-0.15, -0.1) is 0 Å². The number of piperidine rings is 1. The van der Waals surface area contributed by atoms with Crippen LogP contribution in [0.25, 0.3) is 11.4 Å². The molecule has 0 saturated carbocycles. The van der Waals surface area contributed by atoms with Gasteiger partial charge in [0.1, 0.15) is 6.61 Å². The molecule has 0 bridgehead atoms. The van der Waals surface area contributed by atoms with Crippen LogP contribution in [0.3, 0.4) is 0 Å². The summed E-state index contributed by atoms with van der Waals surface area (Å²) < 4.78 is 5.78. The Morgan fingerprint density at radius 3 is 2.71 bits per heavy atom. The molecule has 2 aromatic rings. The van der Waals surface area contributed by atoms with Gasteiger partial charge in [0.15, 0.2) is 11.6 Å². The molecule has 1 N–H and O–H groups in total. The number of nitrogens with zero attached hydrogens (tertiary/aromatic N) is 2. The Morgan fingerprint density at radius 1 is 1.19 bits per heavy atom. The number of aryl methyl sites for hydroxylation is 1. The smallest absolute Gasteiger partial charge is 0.159 e. The van der Waals surface area contributed by atoms with Gasteiger partial charge in [0, 0.05) is 11.6 Å². The van der Waals surface area contributed by atoms with Crippen LogP contribution in [0.15, 0.2) is 36.7 Å². The number of benzene rings is 1. The van der Waals surface area contributed by atoms with Gasteiger partial charge >= 0.3 is 0 Å². The highest BCUT2D eigenvalue weighted by Gasteiger charge is 2.13. The summed E-state index contributed by atoms with van der Waals surface area (Å²) in [6.07, 6.45) is 7.26. The first-order valence-corrected chi connectivity index (χ1v) is 7.57. The van der Waals surface area contributed by atoms with Crippen LogP contribution in [-0.4, -0.2) is 29.2 Å². The monoisotopic (exact) mass is 283 g/mol. The quantitative estimate of drug-likeness (QED) is 0.937. The molecule has 1 unspecified atom stereocenters. The van der Waals surface area contributed by atoms with Crippen molar-refractivity contribution in [3.05, 3.63) is 42.2 Å². The van der Waals surface area contributed by atoms with Crippen molar-refractivity contribution < 1.29 is 4.74 Å². The van der Waals surface area contributed by atoms with Crippen molar-refractivity contribution in [3.63, 3.8) is 0 Å². The van der Waals surface area contributed by atoms with Crippen molar-refractivity contribution in [2.24, 2.45) is 0 Å². The SMILES string of the molecule is Cc1ccccc1-c1ncc(OCC2CCCCN2)cn1. The Bertz CT molecular complexity index is 577. The van der Waals surface area contributed by atoms with Crippen LogP contribution in [0.4, 0.5) is 0 Å². The zero-order valence-corrected chi connectivity index (χ0v) is 12.4. The second-order valence-corrected chi connectivity index (χ2v) is 5.52. The van der Waals surface area contributed by atoms with Gasteiger partial charge in [0.05, 0.1) is 12.4 Å². The molecule has 0 spiro atoms. The van der Waals surface area contributed by atoms with Crippen molar-refractivity contribution in [2.75, 3.05) is 13.2 Å². The maximum Gasteiger partial charge on any atom is 0.159 e. The van der Waals surface area contributed by atoms with Gasteiger partial charge in [-0.3, -0.25) is 0 Å². The minimum atomic E-state index is 0.454. The van der Waals surface area contributed by atoms with E-state index in [4.69, 9.17) is 4.74 Å². The maximum atomic E-state index is 5.78. The highest BCUT2D eigenvalue weighted by molar-refractivity contribution is 5.59. The minimum Gasteiger partial charge on any atom is -0.489 e. The average Bonchev–Trinajstić information content (AvgIpc) is 2.55. The fourth-order valence-electron chi connectivity index (χ4n) is 2.62. The molecular formula is C17H21N3O. The lowest BCUT2D eigenvalue weighted by molar-refractivity contribution is 0.237. The molecule has 3 rings (SSSR count). The van der Waals surface area contributed by atoms with Crippen LogP contribution in [0, 0.1) is 6.92 Å². The second-order valence-electron chi connectivity index (χ2n) is 5.52. The van der Waals surface area contributed by atoms with Gasteiger partial charge in [-0.25, -0.2) is 9.97 Å². The topological polar surface area (TPSA) is 47.0 Å². The van der Waals surface area contributed by atoms with E-state index < -0.39 is 0 Å². The van der Waals surface area contributed by atoms with Gasteiger partial charge in [-0.05, 0) is 31.9 Å². The molecule has 0 amide bonds. The predicted octanol–water partition coefficient (Wildman–Crippen LogP) is 2.97. The fraction of sp³-hybridized carbons (Fsp3) is 0.412. The molecule has 21 heavy (non-hydrogen) atoms. The third-order valence-electron chi connectivity index (χ3n) is 3.88. The van der Waals surface area contributed by atoms with Crippen molar-refractivity contribution in [1.29, 1.82) is 0 Å². The molecule has 0 aliphatic carbocycles. The minimum absolute atomic E-state index is 0.454. The van der Waals surface area contributed by atoms with E-state index in [-0.39, 0.29) is 0 Å². The van der Waals surface area contributed by atoms with E-state index in [1.807, 2.05) is 18.2 Å². The lowest BCUT2D eigenvalue weighted by Crippen LogP contribution is -2.38. The first-order chi connectivity index (χ1) is 10.3. The highest BCUT2D eigenvalue weighted by Crippen LogP contribution is 2.20. The Kier molecular flexibility index (Phi) is 4.46. The number of rotatable bonds is 4. The molecule has 1 atom stereocenters. The lowest BCUT2D eigenvalue weighted by atomic mass is 10.1. The van der Waals surface area contributed by atoms with Crippen molar-refractivity contribution in [3.8, 4) is 17.1 Å². The first-order valence-electron chi connectivity index (χ1n) is 7.57. The molecule has 2 heterocycles. The molecule has 0 radical (unpaired) electrons. The summed E-state index contributed by atoms with van der Waals surface area (Å²) in [6.45, 7) is 3.85. The molecule has 1 aromatic heterocycles. The molecule has 1 aromatic carbocycles. The fourth-order valence-corrected chi connectivity index (χ4v) is 2.62. The van der Waals surface area contributed by atoms with E-state index in [0.29, 0.717) is 12.6 Å². The molecule has 4 heteroatoms. The summed E-state index contributed by atoms with van der Waals surface area (Å²) in [4.78, 5) is 8.83. The van der Waals surface area contributed by atoms with Gasteiger partial charge in [-0.1, -0.05) is 30.7 Å². The number of nitrogens with one attached hydrogen (secondary N) is 1. The van der Waals surface area contributed by atoms with Gasteiger partial charge in [0.2, 0.25) is 0 Å². The molecule has 110 valence electrons. The molecule has 1 saturated heterocycles. The molecule has 1 aliphatic rings. The van der Waals surface area contributed by atoms with E-state index in [1.54, 1.807) is 12.4 Å². The Hall–Kier alpha value is -1.94. The van der Waals surface area contributed by atoms with Gasteiger partial charge < -0.3 is 10.1 Å². The number of aromatic nitrogens is 2. The van der Waals surface area contributed by atoms with E-state index >= 15 is 0 Å². The highest BCUT2D eigenvalue weighted by atomic mass is 16.5. The summed E-state index contributed by atoms with van der Waals surface area (Å²) in [5, 5.41) is 3.47. The summed E-state index contributed by atoms with van der Waals surface area (Å²) >= 11 is 0. The Balaban J connectivity index is 1.63. The second kappa shape index (κ2) is 6.68. The maximum absolute atomic E-state index is 5.78. The van der Waals surface area contributed by atoms with Gasteiger partial charge in [-0.2, -0.15) is 0 Å². The third kappa shape index (κ3) is 3.58. The predicted molar refractivity (Wildman–Crippen MR) is 83.3 cm³/mol. The molecule has 4 nitrogen and oxygen atoms in total.